The topological polar surface area (TPSA) is 38.1 Å². The fraction of sp³-hybridized carbons (Fsp3) is 0.364. The van der Waals surface area contributed by atoms with Crippen LogP contribution >= 0.6 is 15.9 Å². The van der Waals surface area contributed by atoms with Crippen LogP contribution in [0, 0.1) is 0 Å². The van der Waals surface area contributed by atoms with E-state index in [1.54, 1.807) is 0 Å². The van der Waals surface area contributed by atoms with Gasteiger partial charge in [0.25, 0.3) is 0 Å². The van der Waals surface area contributed by atoms with Gasteiger partial charge in [0.15, 0.2) is 5.58 Å². The molecule has 80 valence electrons. The quantitative estimate of drug-likeness (QED) is 0.930. The average molecular weight is 269 g/mol. The van der Waals surface area contributed by atoms with Gasteiger partial charge in [-0.05, 0) is 28.1 Å². The number of halogens is 1. The van der Waals surface area contributed by atoms with Crippen LogP contribution in [0.2, 0.25) is 0 Å². The lowest BCUT2D eigenvalue weighted by Gasteiger charge is -2.03. The Morgan fingerprint density at radius 3 is 2.93 bits per heavy atom. The van der Waals surface area contributed by atoms with Gasteiger partial charge in [0.05, 0.1) is 11.0 Å². The molecule has 0 aliphatic carbocycles. The van der Waals surface area contributed by atoms with Crippen molar-refractivity contribution < 1.29 is 4.42 Å². The molecule has 0 atom stereocenters. The van der Waals surface area contributed by atoms with E-state index in [2.05, 4.69) is 40.1 Å². The zero-order valence-electron chi connectivity index (χ0n) is 8.75. The van der Waals surface area contributed by atoms with Crippen LogP contribution in [0.4, 0.5) is 0 Å². The molecule has 1 heterocycles. The van der Waals surface area contributed by atoms with Gasteiger partial charge in [-0.25, -0.2) is 4.98 Å². The first-order chi connectivity index (χ1) is 7.16. The van der Waals surface area contributed by atoms with E-state index < -0.39 is 0 Å². The molecule has 0 radical (unpaired) electrons. The number of aromatic nitrogens is 1. The second kappa shape index (κ2) is 4.33. The maximum Gasteiger partial charge on any atom is 0.209 e. The van der Waals surface area contributed by atoms with E-state index >= 15 is 0 Å². The summed E-state index contributed by atoms with van der Waals surface area (Å²) in [6.45, 7) is 4.86. The molecule has 4 heteroatoms. The van der Waals surface area contributed by atoms with Crippen LogP contribution in [0.25, 0.3) is 11.1 Å². The standard InChI is InChI=1S/C11H13BrN2O/c1-7(2)13-6-10-14-9-5-3-4-8(12)11(9)15-10/h3-5,7,13H,6H2,1-2H3. The van der Waals surface area contributed by atoms with E-state index in [-0.39, 0.29) is 0 Å². The minimum atomic E-state index is 0.434. The van der Waals surface area contributed by atoms with Crippen LogP contribution in [0.5, 0.6) is 0 Å². The summed E-state index contributed by atoms with van der Waals surface area (Å²) in [5.41, 5.74) is 1.71. The van der Waals surface area contributed by atoms with Gasteiger partial charge >= 0.3 is 0 Å². The first-order valence-electron chi connectivity index (χ1n) is 4.94. The molecule has 3 nitrogen and oxygen atoms in total. The smallest absolute Gasteiger partial charge is 0.209 e. The molecular formula is C11H13BrN2O. The van der Waals surface area contributed by atoms with Crippen molar-refractivity contribution in [2.24, 2.45) is 0 Å². The van der Waals surface area contributed by atoms with Crippen molar-refractivity contribution in [2.45, 2.75) is 26.4 Å². The van der Waals surface area contributed by atoms with E-state index in [1.165, 1.54) is 0 Å². The lowest BCUT2D eigenvalue weighted by Crippen LogP contribution is -2.21. The monoisotopic (exact) mass is 268 g/mol. The van der Waals surface area contributed by atoms with E-state index in [0.29, 0.717) is 12.6 Å². The summed E-state index contributed by atoms with van der Waals surface area (Å²) in [5.74, 6) is 0.727. The van der Waals surface area contributed by atoms with Gasteiger partial charge in [0.1, 0.15) is 5.52 Å². The van der Waals surface area contributed by atoms with Crippen LogP contribution in [-0.2, 0) is 6.54 Å². The minimum absolute atomic E-state index is 0.434. The van der Waals surface area contributed by atoms with Gasteiger partial charge in [-0.2, -0.15) is 0 Å². The molecular weight excluding hydrogens is 256 g/mol. The lowest BCUT2D eigenvalue weighted by molar-refractivity contribution is 0.472. The second-order valence-corrected chi connectivity index (χ2v) is 4.59. The number of hydrogen-bond acceptors (Lipinski definition) is 3. The summed E-state index contributed by atoms with van der Waals surface area (Å²) < 4.78 is 6.58. The van der Waals surface area contributed by atoms with Crippen LogP contribution in [0.1, 0.15) is 19.7 Å². The highest BCUT2D eigenvalue weighted by Crippen LogP contribution is 2.24. The van der Waals surface area contributed by atoms with Crippen molar-refractivity contribution in [3.05, 3.63) is 28.6 Å². The van der Waals surface area contributed by atoms with Gasteiger partial charge in [-0.15, -0.1) is 0 Å². The molecule has 0 aliphatic heterocycles. The maximum atomic E-state index is 5.63. The van der Waals surface area contributed by atoms with Crippen molar-refractivity contribution in [1.29, 1.82) is 0 Å². The van der Waals surface area contributed by atoms with E-state index in [4.69, 9.17) is 4.42 Å². The average Bonchev–Trinajstić information content (AvgIpc) is 2.59. The SMILES string of the molecule is CC(C)NCc1nc2cccc(Br)c2o1. The molecule has 0 fully saturated rings. The van der Waals surface area contributed by atoms with Crippen LogP contribution < -0.4 is 5.32 Å². The van der Waals surface area contributed by atoms with Crippen LogP contribution in [0.3, 0.4) is 0 Å². The number of nitrogens with one attached hydrogen (secondary N) is 1. The normalized spacial score (nSPS) is 11.5. The Kier molecular flexibility index (Phi) is 3.07. The van der Waals surface area contributed by atoms with Crippen LogP contribution in [0.15, 0.2) is 27.1 Å². The number of fused-ring (bicyclic) bond motifs is 1. The van der Waals surface area contributed by atoms with Gasteiger partial charge < -0.3 is 9.73 Å². The zero-order valence-corrected chi connectivity index (χ0v) is 10.3. The summed E-state index contributed by atoms with van der Waals surface area (Å²) in [7, 11) is 0. The summed E-state index contributed by atoms with van der Waals surface area (Å²) in [6.07, 6.45) is 0. The Bertz CT molecular complexity index is 465. The number of hydrogen-bond donors (Lipinski definition) is 1. The van der Waals surface area contributed by atoms with Gasteiger partial charge in [0, 0.05) is 6.04 Å². The van der Waals surface area contributed by atoms with Gasteiger partial charge in [0.2, 0.25) is 5.89 Å². The van der Waals surface area contributed by atoms with Crippen molar-refractivity contribution in [3.8, 4) is 0 Å². The fourth-order valence-electron chi connectivity index (χ4n) is 1.33. The van der Waals surface area contributed by atoms with Crippen molar-refractivity contribution in [3.63, 3.8) is 0 Å². The van der Waals surface area contributed by atoms with Gasteiger partial charge in [-0.3, -0.25) is 0 Å². The number of para-hydroxylation sites is 1. The number of nitrogens with zero attached hydrogens (tertiary/aromatic N) is 1. The molecule has 0 bridgehead atoms. The molecule has 0 saturated carbocycles. The fourth-order valence-corrected chi connectivity index (χ4v) is 1.77. The predicted octanol–water partition coefficient (Wildman–Crippen LogP) is 3.09. The first kappa shape index (κ1) is 10.6. The summed E-state index contributed by atoms with van der Waals surface area (Å²) in [5, 5.41) is 3.27. The largest absolute Gasteiger partial charge is 0.438 e. The van der Waals surface area contributed by atoms with Crippen LogP contribution in [-0.4, -0.2) is 11.0 Å². The van der Waals surface area contributed by atoms with Crippen molar-refractivity contribution >= 4 is 27.0 Å². The molecule has 1 N–H and O–H groups in total. The molecule has 0 amide bonds. The Hall–Kier alpha value is -0.870. The third-order valence-electron chi connectivity index (χ3n) is 2.07. The molecule has 0 saturated heterocycles. The van der Waals surface area contributed by atoms with E-state index in [0.717, 1.165) is 21.5 Å². The molecule has 0 aliphatic rings. The third kappa shape index (κ3) is 2.38. The molecule has 15 heavy (non-hydrogen) atoms. The second-order valence-electron chi connectivity index (χ2n) is 3.73. The predicted molar refractivity (Wildman–Crippen MR) is 63.7 cm³/mol. The van der Waals surface area contributed by atoms with E-state index in [9.17, 15) is 0 Å². The molecule has 1 aromatic carbocycles. The summed E-state index contributed by atoms with van der Waals surface area (Å²) in [6, 6.07) is 6.29. The van der Waals surface area contributed by atoms with Crippen molar-refractivity contribution in [2.75, 3.05) is 0 Å². The number of benzene rings is 1. The number of rotatable bonds is 3. The lowest BCUT2D eigenvalue weighted by atomic mass is 10.3. The molecule has 1 aromatic heterocycles. The first-order valence-corrected chi connectivity index (χ1v) is 5.73. The highest BCUT2D eigenvalue weighted by atomic mass is 79.9. The summed E-state index contributed by atoms with van der Waals surface area (Å²) in [4.78, 5) is 4.39. The molecule has 0 spiro atoms. The van der Waals surface area contributed by atoms with Gasteiger partial charge in [-0.1, -0.05) is 19.9 Å². The Morgan fingerprint density at radius 1 is 1.47 bits per heavy atom. The Balaban J connectivity index is 2.27. The maximum absolute atomic E-state index is 5.63. The highest BCUT2D eigenvalue weighted by Gasteiger charge is 2.07. The minimum Gasteiger partial charge on any atom is -0.438 e. The molecule has 2 aromatic rings. The Labute approximate surface area is 97.0 Å². The molecule has 0 unspecified atom stereocenters. The summed E-state index contributed by atoms with van der Waals surface area (Å²) >= 11 is 3.44. The van der Waals surface area contributed by atoms with Crippen molar-refractivity contribution in [1.82, 2.24) is 10.3 Å². The van der Waals surface area contributed by atoms with E-state index in [1.807, 2.05) is 18.2 Å². The zero-order chi connectivity index (χ0) is 10.8. The molecule has 2 rings (SSSR count). The Morgan fingerprint density at radius 2 is 2.27 bits per heavy atom. The number of oxazole rings is 1. The highest BCUT2D eigenvalue weighted by molar-refractivity contribution is 9.10. The third-order valence-corrected chi connectivity index (χ3v) is 2.70.